The van der Waals surface area contributed by atoms with E-state index in [0.29, 0.717) is 16.5 Å². The summed E-state index contributed by atoms with van der Waals surface area (Å²) in [7, 11) is 1.68. The first-order valence-corrected chi connectivity index (χ1v) is 9.23. The van der Waals surface area contributed by atoms with Gasteiger partial charge < -0.3 is 14.6 Å². The number of likely N-dealkylation sites (tertiary alicyclic amines) is 1. The molecular formula is C21H21ClN2O2. The molecule has 0 atom stereocenters. The minimum absolute atomic E-state index is 0.0623. The van der Waals surface area contributed by atoms with Crippen LogP contribution in [0.15, 0.2) is 48.5 Å². The number of piperidine rings is 1. The van der Waals surface area contributed by atoms with Gasteiger partial charge in [-0.1, -0.05) is 17.7 Å². The number of hydrogen-bond donors (Lipinski definition) is 1. The molecule has 1 aliphatic heterocycles. The van der Waals surface area contributed by atoms with Gasteiger partial charge in [0.05, 0.1) is 7.11 Å². The van der Waals surface area contributed by atoms with E-state index in [1.54, 1.807) is 19.2 Å². The van der Waals surface area contributed by atoms with Crippen molar-refractivity contribution in [1.82, 2.24) is 9.88 Å². The van der Waals surface area contributed by atoms with E-state index in [2.05, 4.69) is 17.1 Å². The van der Waals surface area contributed by atoms with E-state index < -0.39 is 0 Å². The van der Waals surface area contributed by atoms with Gasteiger partial charge in [-0.15, -0.1) is 0 Å². The number of benzene rings is 2. The molecule has 1 saturated heterocycles. The zero-order chi connectivity index (χ0) is 18.1. The molecule has 1 aliphatic rings. The molecule has 1 fully saturated rings. The Balaban J connectivity index is 1.45. The molecule has 4 nitrogen and oxygen atoms in total. The molecule has 0 radical (unpaired) electrons. The second-order valence-electron chi connectivity index (χ2n) is 6.75. The van der Waals surface area contributed by atoms with Gasteiger partial charge in [0, 0.05) is 46.2 Å². The Morgan fingerprint density at radius 1 is 1.15 bits per heavy atom. The van der Waals surface area contributed by atoms with Crippen molar-refractivity contribution >= 4 is 28.4 Å². The van der Waals surface area contributed by atoms with Crippen LogP contribution in [0.5, 0.6) is 5.75 Å². The Morgan fingerprint density at radius 2 is 1.96 bits per heavy atom. The predicted molar refractivity (Wildman–Crippen MR) is 104 cm³/mol. The van der Waals surface area contributed by atoms with E-state index in [1.807, 2.05) is 29.2 Å². The van der Waals surface area contributed by atoms with Crippen LogP contribution in [0, 0.1) is 0 Å². The average molecular weight is 369 g/mol. The quantitative estimate of drug-likeness (QED) is 0.718. The number of fused-ring (bicyclic) bond motifs is 1. The molecule has 3 aromatic rings. The number of aromatic nitrogens is 1. The number of carbonyl (C=O) groups excluding carboxylic acids is 1. The van der Waals surface area contributed by atoms with Gasteiger partial charge in [0.1, 0.15) is 5.75 Å². The number of nitrogens with zero attached hydrogens (tertiary/aromatic N) is 1. The lowest BCUT2D eigenvalue weighted by atomic mass is 9.93. The van der Waals surface area contributed by atoms with Crippen molar-refractivity contribution in [3.63, 3.8) is 0 Å². The van der Waals surface area contributed by atoms with Crippen LogP contribution in [0.1, 0.15) is 34.8 Å². The van der Waals surface area contributed by atoms with Gasteiger partial charge >= 0.3 is 0 Å². The topological polar surface area (TPSA) is 45.3 Å². The second kappa shape index (κ2) is 7.04. The largest absolute Gasteiger partial charge is 0.497 e. The molecule has 1 aromatic heterocycles. The second-order valence-corrected chi connectivity index (χ2v) is 7.19. The maximum atomic E-state index is 12.7. The van der Waals surface area contributed by atoms with Crippen LogP contribution in [0.4, 0.5) is 0 Å². The highest BCUT2D eigenvalue weighted by molar-refractivity contribution is 6.30. The minimum Gasteiger partial charge on any atom is -0.497 e. The first kappa shape index (κ1) is 17.0. The Hall–Kier alpha value is -2.46. The summed E-state index contributed by atoms with van der Waals surface area (Å²) in [5.74, 6) is 1.37. The van der Waals surface area contributed by atoms with E-state index in [9.17, 15) is 4.79 Å². The van der Waals surface area contributed by atoms with Crippen LogP contribution in [0.3, 0.4) is 0 Å². The van der Waals surface area contributed by atoms with Crippen molar-refractivity contribution in [2.45, 2.75) is 18.8 Å². The SMILES string of the molecule is COc1ccc2[nH]c(C3CCN(C(=O)c4cccc(Cl)c4)CC3)cc2c1. The predicted octanol–water partition coefficient (Wildman–Crippen LogP) is 4.85. The lowest BCUT2D eigenvalue weighted by Crippen LogP contribution is -2.38. The number of amides is 1. The maximum absolute atomic E-state index is 12.7. The molecule has 0 bridgehead atoms. The summed E-state index contributed by atoms with van der Waals surface area (Å²) in [6, 6.07) is 15.4. The van der Waals surface area contributed by atoms with Crippen LogP contribution in [-0.4, -0.2) is 36.0 Å². The van der Waals surface area contributed by atoms with Crippen molar-refractivity contribution in [3.05, 3.63) is 64.8 Å². The van der Waals surface area contributed by atoms with Crippen LogP contribution in [0.2, 0.25) is 5.02 Å². The number of carbonyl (C=O) groups is 1. The molecule has 0 spiro atoms. The fourth-order valence-corrected chi connectivity index (χ4v) is 3.87. The van der Waals surface area contributed by atoms with Crippen molar-refractivity contribution in [1.29, 1.82) is 0 Å². The number of hydrogen-bond acceptors (Lipinski definition) is 2. The van der Waals surface area contributed by atoms with Crippen LogP contribution >= 0.6 is 11.6 Å². The van der Waals surface area contributed by atoms with E-state index in [1.165, 1.54) is 5.69 Å². The highest BCUT2D eigenvalue weighted by Crippen LogP contribution is 2.31. The lowest BCUT2D eigenvalue weighted by Gasteiger charge is -2.31. The van der Waals surface area contributed by atoms with Crippen molar-refractivity contribution in [2.75, 3.05) is 20.2 Å². The van der Waals surface area contributed by atoms with Crippen LogP contribution < -0.4 is 4.74 Å². The van der Waals surface area contributed by atoms with Gasteiger partial charge in [-0.25, -0.2) is 0 Å². The molecule has 0 saturated carbocycles. The molecular weight excluding hydrogens is 348 g/mol. The van der Waals surface area contributed by atoms with Crippen molar-refractivity contribution in [3.8, 4) is 5.75 Å². The third-order valence-electron chi connectivity index (χ3n) is 5.14. The Morgan fingerprint density at radius 3 is 2.69 bits per heavy atom. The van der Waals surface area contributed by atoms with E-state index in [0.717, 1.165) is 42.6 Å². The first-order valence-electron chi connectivity index (χ1n) is 8.85. The lowest BCUT2D eigenvalue weighted by molar-refractivity contribution is 0.0712. The van der Waals surface area contributed by atoms with Gasteiger partial charge in [0.2, 0.25) is 0 Å². The zero-order valence-corrected chi connectivity index (χ0v) is 15.4. The minimum atomic E-state index is 0.0623. The maximum Gasteiger partial charge on any atom is 0.253 e. The van der Waals surface area contributed by atoms with Gasteiger partial charge in [-0.3, -0.25) is 4.79 Å². The fourth-order valence-electron chi connectivity index (χ4n) is 3.68. The summed E-state index contributed by atoms with van der Waals surface area (Å²) in [5.41, 5.74) is 3.02. The summed E-state index contributed by atoms with van der Waals surface area (Å²) >= 11 is 6.01. The molecule has 4 rings (SSSR count). The van der Waals surface area contributed by atoms with E-state index in [4.69, 9.17) is 16.3 Å². The summed E-state index contributed by atoms with van der Waals surface area (Å²) in [4.78, 5) is 18.1. The number of methoxy groups -OCH3 is 1. The first-order chi connectivity index (χ1) is 12.6. The monoisotopic (exact) mass is 368 g/mol. The number of H-pyrrole nitrogens is 1. The Bertz CT molecular complexity index is 942. The van der Waals surface area contributed by atoms with Crippen LogP contribution in [-0.2, 0) is 0 Å². The molecule has 0 unspecified atom stereocenters. The molecule has 1 N–H and O–H groups in total. The Kier molecular flexibility index (Phi) is 4.60. The number of aromatic amines is 1. The van der Waals surface area contributed by atoms with Gasteiger partial charge in [0.15, 0.2) is 0 Å². The van der Waals surface area contributed by atoms with Gasteiger partial charge in [-0.2, -0.15) is 0 Å². The van der Waals surface area contributed by atoms with E-state index >= 15 is 0 Å². The zero-order valence-electron chi connectivity index (χ0n) is 14.7. The molecule has 1 amide bonds. The third-order valence-corrected chi connectivity index (χ3v) is 5.38. The molecule has 0 aliphatic carbocycles. The Labute approximate surface area is 157 Å². The number of ether oxygens (including phenoxy) is 1. The molecule has 5 heteroatoms. The summed E-state index contributed by atoms with van der Waals surface area (Å²) < 4.78 is 5.30. The highest BCUT2D eigenvalue weighted by Gasteiger charge is 2.25. The van der Waals surface area contributed by atoms with E-state index in [-0.39, 0.29) is 5.91 Å². The van der Waals surface area contributed by atoms with Gasteiger partial charge in [-0.05, 0) is 55.3 Å². The summed E-state index contributed by atoms with van der Waals surface area (Å²) in [5, 5.41) is 1.76. The average Bonchev–Trinajstić information content (AvgIpc) is 3.10. The highest BCUT2D eigenvalue weighted by atomic mass is 35.5. The fraction of sp³-hybridized carbons (Fsp3) is 0.286. The van der Waals surface area contributed by atoms with Crippen LogP contribution in [0.25, 0.3) is 10.9 Å². The van der Waals surface area contributed by atoms with Crippen molar-refractivity contribution in [2.24, 2.45) is 0 Å². The number of rotatable bonds is 3. The molecule has 26 heavy (non-hydrogen) atoms. The standard InChI is InChI=1S/C21H21ClN2O2/c1-26-18-5-6-19-16(12-18)13-20(23-19)14-7-9-24(10-8-14)21(25)15-3-2-4-17(22)11-15/h2-6,11-14,23H,7-10H2,1H3. The summed E-state index contributed by atoms with van der Waals surface area (Å²) in [6.45, 7) is 1.52. The number of nitrogens with one attached hydrogen (secondary N) is 1. The molecule has 2 heterocycles. The smallest absolute Gasteiger partial charge is 0.253 e. The third kappa shape index (κ3) is 3.29. The number of halogens is 1. The van der Waals surface area contributed by atoms with Gasteiger partial charge in [0.25, 0.3) is 5.91 Å². The molecule has 134 valence electrons. The van der Waals surface area contributed by atoms with Crippen molar-refractivity contribution < 1.29 is 9.53 Å². The normalized spacial score (nSPS) is 15.4. The molecule has 2 aromatic carbocycles. The summed E-state index contributed by atoms with van der Waals surface area (Å²) in [6.07, 6.45) is 1.91.